The number of benzene rings is 2. The molecule has 0 spiro atoms. The fourth-order valence-corrected chi connectivity index (χ4v) is 4.08. The number of rotatable bonds is 5. The van der Waals surface area contributed by atoms with E-state index in [-0.39, 0.29) is 6.09 Å². The van der Waals surface area contributed by atoms with Crippen molar-refractivity contribution in [2.45, 2.75) is 38.2 Å². The van der Waals surface area contributed by atoms with E-state index in [4.69, 9.17) is 9.72 Å². The topological polar surface area (TPSA) is 58.2 Å². The van der Waals surface area contributed by atoms with Crippen molar-refractivity contribution in [1.82, 2.24) is 14.9 Å². The fraction of sp³-hybridized carbons (Fsp3) is 0.391. The first-order chi connectivity index (χ1) is 13.7. The molecule has 1 aromatic heterocycles. The highest BCUT2D eigenvalue weighted by Gasteiger charge is 2.26. The number of nitrogens with one attached hydrogen (secondary N) is 1. The first kappa shape index (κ1) is 18.5. The van der Waals surface area contributed by atoms with E-state index in [1.807, 2.05) is 49.5 Å². The Morgan fingerprint density at radius 1 is 1.07 bits per heavy atom. The lowest BCUT2D eigenvalue weighted by atomic mass is 9.81. The maximum Gasteiger partial charge on any atom is 0.409 e. The number of fused-ring (bicyclic) bond motifs is 1. The summed E-state index contributed by atoms with van der Waals surface area (Å²) in [5.74, 6) is 2.11. The Morgan fingerprint density at radius 2 is 1.79 bits per heavy atom. The molecule has 0 aliphatic heterocycles. The van der Waals surface area contributed by atoms with Crippen LogP contribution < -0.4 is 0 Å². The molecule has 5 heteroatoms. The molecule has 0 radical (unpaired) electrons. The van der Waals surface area contributed by atoms with E-state index in [0.717, 1.165) is 54.6 Å². The van der Waals surface area contributed by atoms with Gasteiger partial charge in [-0.2, -0.15) is 0 Å². The van der Waals surface area contributed by atoms with Crippen molar-refractivity contribution in [3.63, 3.8) is 0 Å². The van der Waals surface area contributed by atoms with Crippen LogP contribution in [0.5, 0.6) is 0 Å². The van der Waals surface area contributed by atoms with E-state index in [1.165, 1.54) is 0 Å². The monoisotopic (exact) mass is 377 g/mol. The highest BCUT2D eigenvalue weighted by Crippen LogP contribution is 2.35. The predicted molar refractivity (Wildman–Crippen MR) is 110 cm³/mol. The Hall–Kier alpha value is -2.82. The molecule has 1 N–H and O–H groups in total. The molecule has 146 valence electrons. The zero-order valence-corrected chi connectivity index (χ0v) is 16.3. The number of hydrogen-bond acceptors (Lipinski definition) is 3. The second-order valence-electron chi connectivity index (χ2n) is 7.78. The molecule has 4 rings (SSSR count). The molecule has 5 nitrogen and oxygen atoms in total. The standard InChI is InChI=1S/C23H27N3O2/c1-26(23(27)28-16-18-7-3-2-4-8-18)15-17-11-13-19(14-12-17)22-24-20-9-5-6-10-21(20)25-22/h2-10,17,19H,11-16H2,1H3,(H,24,25). The number of ether oxygens (including phenoxy) is 1. The third kappa shape index (κ3) is 4.35. The van der Waals surface area contributed by atoms with Crippen molar-refractivity contribution in [1.29, 1.82) is 0 Å². The van der Waals surface area contributed by atoms with Crippen molar-refractivity contribution < 1.29 is 9.53 Å². The molecule has 1 heterocycles. The Morgan fingerprint density at radius 3 is 2.54 bits per heavy atom. The van der Waals surface area contributed by atoms with Gasteiger partial charge in [0.2, 0.25) is 0 Å². The minimum atomic E-state index is -0.247. The van der Waals surface area contributed by atoms with Crippen LogP contribution in [0.15, 0.2) is 54.6 Å². The first-order valence-corrected chi connectivity index (χ1v) is 10.1. The maximum atomic E-state index is 12.3. The number of para-hydroxylation sites is 2. The van der Waals surface area contributed by atoms with Crippen LogP contribution in [-0.2, 0) is 11.3 Å². The highest BCUT2D eigenvalue weighted by atomic mass is 16.6. The third-order valence-corrected chi connectivity index (χ3v) is 5.69. The summed E-state index contributed by atoms with van der Waals surface area (Å²) in [5, 5.41) is 0. The predicted octanol–water partition coefficient (Wildman–Crippen LogP) is 5.11. The zero-order chi connectivity index (χ0) is 19.3. The molecule has 0 atom stereocenters. The molecule has 1 amide bonds. The Bertz CT molecular complexity index is 881. The van der Waals surface area contributed by atoms with Gasteiger partial charge in [-0.05, 0) is 49.3 Å². The van der Waals surface area contributed by atoms with Gasteiger partial charge >= 0.3 is 6.09 Å². The SMILES string of the molecule is CN(CC1CCC(c2nc3ccccc3[nH]2)CC1)C(=O)OCc1ccccc1. The van der Waals surface area contributed by atoms with E-state index < -0.39 is 0 Å². The lowest BCUT2D eigenvalue weighted by Gasteiger charge is -2.30. The maximum absolute atomic E-state index is 12.3. The smallest absolute Gasteiger partial charge is 0.409 e. The number of amides is 1. The second-order valence-corrected chi connectivity index (χ2v) is 7.78. The van der Waals surface area contributed by atoms with Gasteiger partial charge in [0.25, 0.3) is 0 Å². The molecule has 1 saturated carbocycles. The van der Waals surface area contributed by atoms with Gasteiger partial charge in [0.05, 0.1) is 11.0 Å². The van der Waals surface area contributed by atoms with Crippen LogP contribution in [0.3, 0.4) is 0 Å². The molecular weight excluding hydrogens is 350 g/mol. The molecule has 0 bridgehead atoms. The summed E-state index contributed by atoms with van der Waals surface area (Å²) in [7, 11) is 1.83. The van der Waals surface area contributed by atoms with Crippen LogP contribution in [0.4, 0.5) is 4.79 Å². The number of H-pyrrole nitrogens is 1. The largest absolute Gasteiger partial charge is 0.445 e. The Labute approximate surface area is 165 Å². The minimum Gasteiger partial charge on any atom is -0.445 e. The van der Waals surface area contributed by atoms with Crippen molar-refractivity contribution in [3.05, 3.63) is 66.0 Å². The van der Waals surface area contributed by atoms with Crippen LogP contribution >= 0.6 is 0 Å². The van der Waals surface area contributed by atoms with Crippen molar-refractivity contribution in [2.75, 3.05) is 13.6 Å². The zero-order valence-electron chi connectivity index (χ0n) is 16.3. The average molecular weight is 377 g/mol. The van der Waals surface area contributed by atoms with Crippen LogP contribution in [-0.4, -0.2) is 34.6 Å². The Kier molecular flexibility index (Phi) is 5.60. The summed E-state index contributed by atoms with van der Waals surface area (Å²) in [6, 6.07) is 18.0. The number of hydrogen-bond donors (Lipinski definition) is 1. The Balaban J connectivity index is 1.25. The van der Waals surface area contributed by atoms with Gasteiger partial charge < -0.3 is 14.6 Å². The number of aromatic amines is 1. The van der Waals surface area contributed by atoms with Crippen LogP contribution in [0.2, 0.25) is 0 Å². The van der Waals surface area contributed by atoms with Gasteiger partial charge in [-0.15, -0.1) is 0 Å². The number of carbonyl (C=O) groups excluding carboxylic acids is 1. The highest BCUT2D eigenvalue weighted by molar-refractivity contribution is 5.74. The average Bonchev–Trinajstić information content (AvgIpc) is 3.17. The van der Waals surface area contributed by atoms with Gasteiger partial charge in [0.15, 0.2) is 0 Å². The van der Waals surface area contributed by atoms with E-state index in [1.54, 1.807) is 4.90 Å². The van der Waals surface area contributed by atoms with Gasteiger partial charge in [-0.3, -0.25) is 0 Å². The summed E-state index contributed by atoms with van der Waals surface area (Å²) in [4.78, 5) is 22.2. The normalized spacial score (nSPS) is 19.5. The molecule has 0 saturated heterocycles. The summed E-state index contributed by atoms with van der Waals surface area (Å²) < 4.78 is 5.43. The van der Waals surface area contributed by atoms with Gasteiger partial charge in [-0.1, -0.05) is 42.5 Å². The minimum absolute atomic E-state index is 0.247. The molecule has 1 aliphatic rings. The quantitative estimate of drug-likeness (QED) is 0.672. The lowest BCUT2D eigenvalue weighted by molar-refractivity contribution is 0.0959. The van der Waals surface area contributed by atoms with Crippen LogP contribution in [0, 0.1) is 5.92 Å². The fourth-order valence-electron chi connectivity index (χ4n) is 4.08. The van der Waals surface area contributed by atoms with Crippen LogP contribution in [0.1, 0.15) is 43.0 Å². The van der Waals surface area contributed by atoms with Crippen LogP contribution in [0.25, 0.3) is 11.0 Å². The molecule has 3 aromatic rings. The van der Waals surface area contributed by atoms with E-state index in [9.17, 15) is 4.79 Å². The molecule has 28 heavy (non-hydrogen) atoms. The summed E-state index contributed by atoms with van der Waals surface area (Å²) in [5.41, 5.74) is 3.16. The summed E-state index contributed by atoms with van der Waals surface area (Å²) in [6.07, 6.45) is 4.19. The molecule has 1 aliphatic carbocycles. The second kappa shape index (κ2) is 8.46. The third-order valence-electron chi connectivity index (χ3n) is 5.69. The number of carbonyl (C=O) groups is 1. The van der Waals surface area contributed by atoms with Gasteiger partial charge in [0.1, 0.15) is 12.4 Å². The molecule has 2 aromatic carbocycles. The van der Waals surface area contributed by atoms with Gasteiger partial charge in [0, 0.05) is 19.5 Å². The number of imidazole rings is 1. The first-order valence-electron chi connectivity index (χ1n) is 10.1. The number of aromatic nitrogens is 2. The molecular formula is C23H27N3O2. The van der Waals surface area contributed by atoms with Gasteiger partial charge in [-0.25, -0.2) is 9.78 Å². The van der Waals surface area contributed by atoms with Crippen molar-refractivity contribution in [2.24, 2.45) is 5.92 Å². The molecule has 0 unspecified atom stereocenters. The molecule has 1 fully saturated rings. The summed E-state index contributed by atoms with van der Waals surface area (Å²) >= 11 is 0. The number of nitrogens with zero attached hydrogens (tertiary/aromatic N) is 2. The lowest BCUT2D eigenvalue weighted by Crippen LogP contribution is -2.33. The van der Waals surface area contributed by atoms with E-state index in [0.29, 0.717) is 18.4 Å². The van der Waals surface area contributed by atoms with E-state index in [2.05, 4.69) is 17.1 Å². The van der Waals surface area contributed by atoms with E-state index >= 15 is 0 Å². The summed E-state index contributed by atoms with van der Waals surface area (Å²) in [6.45, 7) is 1.07. The van der Waals surface area contributed by atoms with Crippen molar-refractivity contribution >= 4 is 17.1 Å². The van der Waals surface area contributed by atoms with Crippen molar-refractivity contribution in [3.8, 4) is 0 Å².